The second kappa shape index (κ2) is 4.24. The Kier molecular flexibility index (Phi) is 3.01. The van der Waals surface area contributed by atoms with Gasteiger partial charge in [0, 0.05) is 17.6 Å². The third-order valence-electron chi connectivity index (χ3n) is 2.35. The van der Waals surface area contributed by atoms with Crippen LogP contribution in [0.1, 0.15) is 25.7 Å². The summed E-state index contributed by atoms with van der Waals surface area (Å²) in [6.07, 6.45) is 6.34. The predicted octanol–water partition coefficient (Wildman–Crippen LogP) is 2.50. The summed E-state index contributed by atoms with van der Waals surface area (Å²) in [4.78, 5) is 4.08. The molecule has 2 unspecified atom stereocenters. The van der Waals surface area contributed by atoms with Crippen molar-refractivity contribution in [1.29, 1.82) is 0 Å². The lowest BCUT2D eigenvalue weighted by atomic mass is 9.95. The normalized spacial score (nSPS) is 28.7. The van der Waals surface area contributed by atoms with Crippen molar-refractivity contribution in [3.63, 3.8) is 0 Å². The molecule has 1 aliphatic carbocycles. The molecule has 3 nitrogen and oxygen atoms in total. The Morgan fingerprint density at radius 2 is 2.31 bits per heavy atom. The van der Waals surface area contributed by atoms with Crippen LogP contribution in [0.2, 0.25) is 0 Å². The highest BCUT2D eigenvalue weighted by molar-refractivity contribution is 7.09. The number of alkyl halides is 1. The molecule has 2 atom stereocenters. The van der Waals surface area contributed by atoms with Gasteiger partial charge in [-0.25, -0.2) is 4.98 Å². The summed E-state index contributed by atoms with van der Waals surface area (Å²) in [6.45, 7) is 0. The molecule has 0 radical (unpaired) electrons. The minimum atomic E-state index is 0.248. The third-order valence-corrected chi connectivity index (χ3v) is 3.47. The minimum Gasteiger partial charge on any atom is -0.356 e. The summed E-state index contributed by atoms with van der Waals surface area (Å²) in [6, 6.07) is 0.378. The summed E-state index contributed by atoms with van der Waals surface area (Å²) in [7, 11) is 0. The van der Waals surface area contributed by atoms with Gasteiger partial charge in [0.05, 0.1) is 5.38 Å². The molecule has 5 heteroatoms. The standard InChI is InChI=1S/C8H12ClN3S/c9-6-3-1-2-4-7(6)12-8-10-5-11-13-8/h5-7H,1-4H2,(H,10,11,12). The van der Waals surface area contributed by atoms with E-state index in [1.165, 1.54) is 24.4 Å². The zero-order chi connectivity index (χ0) is 9.10. The van der Waals surface area contributed by atoms with E-state index < -0.39 is 0 Å². The van der Waals surface area contributed by atoms with E-state index in [1.54, 1.807) is 6.33 Å². The molecule has 1 saturated carbocycles. The molecule has 0 aromatic carbocycles. The molecular formula is C8H12ClN3S. The van der Waals surface area contributed by atoms with Crippen LogP contribution < -0.4 is 5.32 Å². The quantitative estimate of drug-likeness (QED) is 0.774. The van der Waals surface area contributed by atoms with E-state index in [1.807, 2.05) is 0 Å². The minimum absolute atomic E-state index is 0.248. The van der Waals surface area contributed by atoms with Crippen molar-refractivity contribution >= 4 is 28.3 Å². The van der Waals surface area contributed by atoms with Gasteiger partial charge < -0.3 is 5.32 Å². The number of nitrogens with one attached hydrogen (secondary N) is 1. The first-order valence-corrected chi connectivity index (χ1v) is 5.74. The van der Waals surface area contributed by atoms with Crippen LogP contribution in [-0.2, 0) is 0 Å². The van der Waals surface area contributed by atoms with Crippen molar-refractivity contribution in [2.75, 3.05) is 5.32 Å². The monoisotopic (exact) mass is 217 g/mol. The van der Waals surface area contributed by atoms with Gasteiger partial charge in [0.25, 0.3) is 0 Å². The first kappa shape index (κ1) is 9.21. The zero-order valence-corrected chi connectivity index (χ0v) is 8.81. The number of halogens is 1. The van der Waals surface area contributed by atoms with E-state index in [2.05, 4.69) is 14.7 Å². The van der Waals surface area contributed by atoms with Gasteiger partial charge in [0.15, 0.2) is 0 Å². The van der Waals surface area contributed by atoms with Crippen LogP contribution in [0, 0.1) is 0 Å². The summed E-state index contributed by atoms with van der Waals surface area (Å²) in [5.74, 6) is 0. The van der Waals surface area contributed by atoms with Gasteiger partial charge in [-0.15, -0.1) is 11.6 Å². The van der Waals surface area contributed by atoms with Gasteiger partial charge in [-0.2, -0.15) is 4.37 Å². The predicted molar refractivity (Wildman–Crippen MR) is 55.4 cm³/mol. The molecule has 72 valence electrons. The highest BCUT2D eigenvalue weighted by atomic mass is 35.5. The molecule has 0 bridgehead atoms. The topological polar surface area (TPSA) is 37.8 Å². The average Bonchev–Trinajstić information content (AvgIpc) is 2.61. The van der Waals surface area contributed by atoms with Crippen LogP contribution >= 0.6 is 23.1 Å². The van der Waals surface area contributed by atoms with Crippen LogP contribution in [0.3, 0.4) is 0 Å². The Morgan fingerprint density at radius 3 is 3.00 bits per heavy atom. The smallest absolute Gasteiger partial charge is 0.202 e. The lowest BCUT2D eigenvalue weighted by Crippen LogP contribution is -2.32. The van der Waals surface area contributed by atoms with E-state index in [0.29, 0.717) is 6.04 Å². The van der Waals surface area contributed by atoms with Crippen molar-refractivity contribution in [2.24, 2.45) is 0 Å². The maximum atomic E-state index is 6.19. The summed E-state index contributed by atoms with van der Waals surface area (Å²) < 4.78 is 3.94. The number of aromatic nitrogens is 2. The molecule has 1 N–H and O–H groups in total. The second-order valence-electron chi connectivity index (χ2n) is 3.30. The van der Waals surface area contributed by atoms with Crippen molar-refractivity contribution in [1.82, 2.24) is 9.36 Å². The van der Waals surface area contributed by atoms with E-state index >= 15 is 0 Å². The Hall–Kier alpha value is -0.350. The van der Waals surface area contributed by atoms with E-state index in [-0.39, 0.29) is 5.38 Å². The van der Waals surface area contributed by atoms with Gasteiger partial charge in [-0.1, -0.05) is 12.8 Å². The number of nitrogens with zero attached hydrogens (tertiary/aromatic N) is 2. The summed E-state index contributed by atoms with van der Waals surface area (Å²) in [5.41, 5.74) is 0. The Bertz CT molecular complexity index is 252. The number of anilines is 1. The van der Waals surface area contributed by atoms with Crippen LogP contribution in [-0.4, -0.2) is 20.8 Å². The lowest BCUT2D eigenvalue weighted by Gasteiger charge is -2.27. The molecule has 1 fully saturated rings. The van der Waals surface area contributed by atoms with Crippen LogP contribution in [0.15, 0.2) is 6.33 Å². The molecule has 2 rings (SSSR count). The van der Waals surface area contributed by atoms with Crippen molar-refractivity contribution in [3.05, 3.63) is 6.33 Å². The van der Waals surface area contributed by atoms with Gasteiger partial charge in [0.2, 0.25) is 5.13 Å². The Labute approximate surface area is 86.7 Å². The van der Waals surface area contributed by atoms with E-state index in [4.69, 9.17) is 11.6 Å². The first-order chi connectivity index (χ1) is 6.36. The van der Waals surface area contributed by atoms with Crippen molar-refractivity contribution in [2.45, 2.75) is 37.1 Å². The highest BCUT2D eigenvalue weighted by Gasteiger charge is 2.23. The summed E-state index contributed by atoms with van der Waals surface area (Å²) >= 11 is 7.58. The highest BCUT2D eigenvalue weighted by Crippen LogP contribution is 2.26. The number of hydrogen-bond acceptors (Lipinski definition) is 4. The van der Waals surface area contributed by atoms with Crippen molar-refractivity contribution < 1.29 is 0 Å². The fraction of sp³-hybridized carbons (Fsp3) is 0.750. The molecular weight excluding hydrogens is 206 g/mol. The van der Waals surface area contributed by atoms with Crippen LogP contribution in [0.25, 0.3) is 0 Å². The molecule has 1 heterocycles. The fourth-order valence-electron chi connectivity index (χ4n) is 1.64. The van der Waals surface area contributed by atoms with Crippen molar-refractivity contribution in [3.8, 4) is 0 Å². The zero-order valence-electron chi connectivity index (χ0n) is 7.24. The number of rotatable bonds is 2. The van der Waals surface area contributed by atoms with E-state index in [0.717, 1.165) is 18.0 Å². The first-order valence-electron chi connectivity index (χ1n) is 4.53. The number of hydrogen-bond donors (Lipinski definition) is 1. The average molecular weight is 218 g/mol. The molecule has 1 aliphatic rings. The van der Waals surface area contributed by atoms with E-state index in [9.17, 15) is 0 Å². The largest absolute Gasteiger partial charge is 0.356 e. The SMILES string of the molecule is ClC1CCCCC1Nc1ncns1. The molecule has 13 heavy (non-hydrogen) atoms. The second-order valence-corrected chi connectivity index (χ2v) is 4.64. The molecule has 0 saturated heterocycles. The fourth-order valence-corrected chi connectivity index (χ4v) is 2.48. The van der Waals surface area contributed by atoms with Gasteiger partial charge in [0.1, 0.15) is 6.33 Å². The molecule has 1 aromatic heterocycles. The van der Waals surface area contributed by atoms with Gasteiger partial charge in [-0.3, -0.25) is 0 Å². The maximum Gasteiger partial charge on any atom is 0.202 e. The Balaban J connectivity index is 1.93. The van der Waals surface area contributed by atoms with Gasteiger partial charge in [-0.05, 0) is 12.8 Å². The molecule has 1 aromatic rings. The Morgan fingerprint density at radius 1 is 1.46 bits per heavy atom. The molecule has 0 amide bonds. The molecule has 0 aliphatic heterocycles. The van der Waals surface area contributed by atoms with Gasteiger partial charge >= 0.3 is 0 Å². The van der Waals surface area contributed by atoms with Crippen LogP contribution in [0.4, 0.5) is 5.13 Å². The third kappa shape index (κ3) is 2.31. The van der Waals surface area contributed by atoms with Crippen LogP contribution in [0.5, 0.6) is 0 Å². The lowest BCUT2D eigenvalue weighted by molar-refractivity contribution is 0.469. The maximum absolute atomic E-state index is 6.19. The molecule has 0 spiro atoms. The summed E-state index contributed by atoms with van der Waals surface area (Å²) in [5, 5.41) is 4.46.